The van der Waals surface area contributed by atoms with Crippen LogP contribution in [-0.4, -0.2) is 33.8 Å². The number of benzene rings is 2. The van der Waals surface area contributed by atoms with Crippen LogP contribution >= 0.6 is 11.8 Å². The molecule has 9 heteroatoms. The summed E-state index contributed by atoms with van der Waals surface area (Å²) in [6.45, 7) is 2.05. The second kappa shape index (κ2) is 9.61. The molecule has 0 unspecified atom stereocenters. The fourth-order valence-corrected chi connectivity index (χ4v) is 3.97. The van der Waals surface area contributed by atoms with Crippen molar-refractivity contribution in [2.75, 3.05) is 19.5 Å². The van der Waals surface area contributed by atoms with Gasteiger partial charge in [-0.1, -0.05) is 41.6 Å². The molecule has 1 N–H and O–H groups in total. The number of nitrogens with one attached hydrogen (secondary N) is 1. The number of hydrogen-bond donors (Lipinski definition) is 1. The van der Waals surface area contributed by atoms with Crippen molar-refractivity contribution in [1.29, 1.82) is 0 Å². The van der Waals surface area contributed by atoms with E-state index in [2.05, 4.69) is 46.7 Å². The molecule has 0 aliphatic carbocycles. The molecule has 0 aliphatic rings. The molecule has 0 radical (unpaired) electrons. The molecule has 0 spiro atoms. The Labute approximate surface area is 189 Å². The van der Waals surface area contributed by atoms with Gasteiger partial charge in [0, 0.05) is 29.9 Å². The molecule has 0 aliphatic heterocycles. The molecule has 0 fully saturated rings. The average Bonchev–Trinajstić information content (AvgIpc) is 3.34. The average molecular weight is 450 g/mol. The molecule has 164 valence electrons. The van der Waals surface area contributed by atoms with Gasteiger partial charge in [0.25, 0.3) is 0 Å². The van der Waals surface area contributed by atoms with Crippen LogP contribution in [0.25, 0.3) is 0 Å². The number of ether oxygens (including phenoxy) is 2. The van der Waals surface area contributed by atoms with Gasteiger partial charge < -0.3 is 14.8 Å². The zero-order valence-electron chi connectivity index (χ0n) is 18.0. The first kappa shape index (κ1) is 21.5. The van der Waals surface area contributed by atoms with Gasteiger partial charge >= 0.3 is 5.56 Å². The molecule has 2 aromatic heterocycles. The standard InChI is InChI=1S/C23H23N5O3S/c1-16-6-8-17(9-7-16)15-32-23-26-25-21(22(29)28(23)27-12-4-5-13-27)24-18-10-11-19(30-2)20(14-18)31-3/h4-14H,15H2,1-3H3,(H,24,25). The molecule has 0 atom stereocenters. The van der Waals surface area contributed by atoms with Gasteiger partial charge in [-0.25, -0.2) is 0 Å². The van der Waals surface area contributed by atoms with Crippen molar-refractivity contribution in [3.63, 3.8) is 0 Å². The monoisotopic (exact) mass is 449 g/mol. The van der Waals surface area contributed by atoms with Gasteiger partial charge in [0.2, 0.25) is 11.0 Å². The molecule has 4 rings (SSSR count). The van der Waals surface area contributed by atoms with Gasteiger partial charge in [-0.05, 0) is 36.8 Å². The summed E-state index contributed by atoms with van der Waals surface area (Å²) < 4.78 is 13.8. The number of rotatable bonds is 8. The molecular weight excluding hydrogens is 426 g/mol. The molecule has 0 amide bonds. The van der Waals surface area contributed by atoms with Crippen LogP contribution in [0.1, 0.15) is 11.1 Å². The summed E-state index contributed by atoms with van der Waals surface area (Å²) in [6, 6.07) is 17.2. The summed E-state index contributed by atoms with van der Waals surface area (Å²) in [5.41, 5.74) is 2.65. The van der Waals surface area contributed by atoms with Gasteiger partial charge in [-0.2, -0.15) is 4.68 Å². The van der Waals surface area contributed by atoms with E-state index in [1.54, 1.807) is 49.5 Å². The van der Waals surface area contributed by atoms with Crippen LogP contribution in [0.15, 0.2) is 76.9 Å². The summed E-state index contributed by atoms with van der Waals surface area (Å²) in [5, 5.41) is 12.0. The number of methoxy groups -OCH3 is 2. The summed E-state index contributed by atoms with van der Waals surface area (Å²) in [6.07, 6.45) is 3.58. The zero-order chi connectivity index (χ0) is 22.5. The summed E-state index contributed by atoms with van der Waals surface area (Å²) in [4.78, 5) is 13.3. The van der Waals surface area contributed by atoms with Crippen molar-refractivity contribution in [3.05, 3.63) is 88.5 Å². The van der Waals surface area contributed by atoms with Crippen LogP contribution < -0.4 is 20.3 Å². The maximum Gasteiger partial charge on any atom is 0.316 e. The Hall–Kier alpha value is -3.72. The largest absolute Gasteiger partial charge is 0.493 e. The van der Waals surface area contributed by atoms with Crippen LogP contribution in [0.5, 0.6) is 11.5 Å². The number of anilines is 2. The van der Waals surface area contributed by atoms with Crippen molar-refractivity contribution in [2.24, 2.45) is 0 Å². The highest BCUT2D eigenvalue weighted by Crippen LogP contribution is 2.30. The first-order valence-electron chi connectivity index (χ1n) is 9.90. The Bertz CT molecular complexity index is 1250. The lowest BCUT2D eigenvalue weighted by Gasteiger charge is -2.14. The number of aryl methyl sites for hydroxylation is 1. The van der Waals surface area contributed by atoms with E-state index in [0.717, 1.165) is 5.56 Å². The zero-order valence-corrected chi connectivity index (χ0v) is 18.8. The van der Waals surface area contributed by atoms with Gasteiger partial charge in [-0.15, -0.1) is 10.2 Å². The SMILES string of the molecule is COc1ccc(Nc2nnc(SCc3ccc(C)cc3)n(-n3cccc3)c2=O)cc1OC. The third-order valence-electron chi connectivity index (χ3n) is 4.77. The summed E-state index contributed by atoms with van der Waals surface area (Å²) in [5.74, 6) is 1.90. The Morgan fingerprint density at radius 1 is 0.969 bits per heavy atom. The molecule has 0 saturated carbocycles. The van der Waals surface area contributed by atoms with E-state index in [4.69, 9.17) is 9.47 Å². The Morgan fingerprint density at radius 2 is 1.69 bits per heavy atom. The molecule has 2 heterocycles. The van der Waals surface area contributed by atoms with Crippen molar-refractivity contribution in [2.45, 2.75) is 17.8 Å². The van der Waals surface area contributed by atoms with E-state index in [9.17, 15) is 4.79 Å². The van der Waals surface area contributed by atoms with Gasteiger partial charge in [0.15, 0.2) is 11.5 Å². The van der Waals surface area contributed by atoms with Crippen molar-refractivity contribution in [3.8, 4) is 11.5 Å². The van der Waals surface area contributed by atoms with E-state index in [1.807, 2.05) is 12.1 Å². The van der Waals surface area contributed by atoms with Crippen LogP contribution in [0.4, 0.5) is 11.5 Å². The lowest BCUT2D eigenvalue weighted by atomic mass is 10.2. The molecule has 8 nitrogen and oxygen atoms in total. The minimum absolute atomic E-state index is 0.102. The predicted octanol–water partition coefficient (Wildman–Crippen LogP) is 4.11. The maximum absolute atomic E-state index is 13.3. The normalized spacial score (nSPS) is 10.7. The highest BCUT2D eigenvalue weighted by Gasteiger charge is 2.15. The van der Waals surface area contributed by atoms with Gasteiger partial charge in [0.1, 0.15) is 0 Å². The molecular formula is C23H23N5O3S. The Kier molecular flexibility index (Phi) is 6.46. The lowest BCUT2D eigenvalue weighted by molar-refractivity contribution is 0.355. The van der Waals surface area contributed by atoms with Crippen LogP contribution in [0.3, 0.4) is 0 Å². The van der Waals surface area contributed by atoms with E-state index in [-0.39, 0.29) is 11.4 Å². The third-order valence-corrected chi connectivity index (χ3v) is 5.76. The molecule has 0 bridgehead atoms. The van der Waals surface area contributed by atoms with Gasteiger partial charge in [-0.3, -0.25) is 9.47 Å². The fraction of sp³-hybridized carbons (Fsp3) is 0.174. The Morgan fingerprint density at radius 3 is 2.38 bits per heavy atom. The lowest BCUT2D eigenvalue weighted by Crippen LogP contribution is -2.30. The highest BCUT2D eigenvalue weighted by molar-refractivity contribution is 7.98. The molecule has 32 heavy (non-hydrogen) atoms. The quantitative estimate of drug-likeness (QED) is 0.405. The first-order valence-corrected chi connectivity index (χ1v) is 10.9. The number of aromatic nitrogens is 4. The van der Waals surface area contributed by atoms with Crippen LogP contribution in [0, 0.1) is 6.92 Å². The van der Waals surface area contributed by atoms with Crippen molar-refractivity contribution in [1.82, 2.24) is 19.5 Å². The summed E-state index contributed by atoms with van der Waals surface area (Å²) >= 11 is 1.45. The van der Waals surface area contributed by atoms with Gasteiger partial charge in [0.05, 0.1) is 14.2 Å². The number of nitrogens with zero attached hydrogens (tertiary/aromatic N) is 4. The predicted molar refractivity (Wildman–Crippen MR) is 125 cm³/mol. The van der Waals surface area contributed by atoms with Crippen LogP contribution in [0.2, 0.25) is 0 Å². The minimum Gasteiger partial charge on any atom is -0.493 e. The van der Waals surface area contributed by atoms with Crippen molar-refractivity contribution >= 4 is 23.3 Å². The maximum atomic E-state index is 13.3. The van der Waals surface area contributed by atoms with E-state index >= 15 is 0 Å². The number of hydrogen-bond acceptors (Lipinski definition) is 7. The second-order valence-corrected chi connectivity index (χ2v) is 7.92. The summed E-state index contributed by atoms with van der Waals surface area (Å²) in [7, 11) is 3.12. The van der Waals surface area contributed by atoms with E-state index < -0.39 is 0 Å². The highest BCUT2D eigenvalue weighted by atomic mass is 32.2. The first-order chi connectivity index (χ1) is 15.6. The van der Waals surface area contributed by atoms with Crippen molar-refractivity contribution < 1.29 is 9.47 Å². The third kappa shape index (κ3) is 4.62. The smallest absolute Gasteiger partial charge is 0.316 e. The minimum atomic E-state index is -0.322. The topological polar surface area (TPSA) is 83.2 Å². The molecule has 4 aromatic rings. The van der Waals surface area contributed by atoms with E-state index in [0.29, 0.717) is 28.1 Å². The van der Waals surface area contributed by atoms with Crippen LogP contribution in [-0.2, 0) is 5.75 Å². The molecule has 2 aromatic carbocycles. The fourth-order valence-electron chi connectivity index (χ4n) is 3.08. The number of thioether (sulfide) groups is 1. The van der Waals surface area contributed by atoms with E-state index in [1.165, 1.54) is 22.0 Å². The Balaban J connectivity index is 1.66. The molecule has 0 saturated heterocycles. The second-order valence-electron chi connectivity index (χ2n) is 6.98.